The molecule has 2 aliphatic carbocycles. The van der Waals surface area contributed by atoms with Crippen LogP contribution in [0.3, 0.4) is 0 Å². The lowest BCUT2D eigenvalue weighted by Gasteiger charge is -2.20. The number of benzene rings is 1. The maximum Gasteiger partial charge on any atom is 0.224 e. The van der Waals surface area contributed by atoms with Crippen LogP contribution in [0, 0.1) is 5.92 Å². The molecule has 1 aromatic carbocycles. The van der Waals surface area contributed by atoms with E-state index in [9.17, 15) is 9.59 Å². The Hall–Kier alpha value is -1.84. The highest BCUT2D eigenvalue weighted by Crippen LogP contribution is 2.26. The molecule has 0 radical (unpaired) electrons. The molecule has 23 heavy (non-hydrogen) atoms. The molecule has 0 bridgehead atoms. The summed E-state index contributed by atoms with van der Waals surface area (Å²) in [6, 6.07) is 8.02. The first-order chi connectivity index (χ1) is 11.2. The Morgan fingerprint density at radius 2 is 1.61 bits per heavy atom. The third-order valence-electron chi connectivity index (χ3n) is 4.74. The van der Waals surface area contributed by atoms with Crippen LogP contribution in [-0.4, -0.2) is 17.9 Å². The topological polar surface area (TPSA) is 58.2 Å². The molecule has 0 aromatic heterocycles. The van der Waals surface area contributed by atoms with Crippen molar-refractivity contribution in [2.75, 3.05) is 5.32 Å². The number of hydrogen-bond donors (Lipinski definition) is 2. The molecule has 4 heteroatoms. The molecule has 0 aliphatic heterocycles. The van der Waals surface area contributed by atoms with Crippen LogP contribution >= 0.6 is 0 Å². The highest BCUT2D eigenvalue weighted by Gasteiger charge is 2.23. The molecule has 0 spiro atoms. The second-order valence-corrected chi connectivity index (χ2v) is 6.97. The lowest BCUT2D eigenvalue weighted by atomic mass is 9.87. The molecule has 2 saturated carbocycles. The molecule has 2 aliphatic rings. The van der Waals surface area contributed by atoms with Crippen molar-refractivity contribution in [3.63, 3.8) is 0 Å². The summed E-state index contributed by atoms with van der Waals surface area (Å²) in [4.78, 5) is 23.9. The third-order valence-corrected chi connectivity index (χ3v) is 4.74. The van der Waals surface area contributed by atoms with E-state index in [0.29, 0.717) is 24.8 Å². The van der Waals surface area contributed by atoms with Gasteiger partial charge >= 0.3 is 0 Å². The zero-order valence-electron chi connectivity index (χ0n) is 13.6. The van der Waals surface area contributed by atoms with Gasteiger partial charge < -0.3 is 10.6 Å². The highest BCUT2D eigenvalue weighted by molar-refractivity contribution is 5.91. The Bertz CT molecular complexity index is 543. The molecule has 3 rings (SSSR count). The number of nitrogens with one attached hydrogen (secondary N) is 2. The predicted octanol–water partition coefficient (Wildman–Crippen LogP) is 3.42. The van der Waals surface area contributed by atoms with E-state index in [0.717, 1.165) is 24.1 Å². The first-order valence-electron chi connectivity index (χ1n) is 8.87. The second-order valence-electron chi connectivity index (χ2n) is 6.97. The zero-order chi connectivity index (χ0) is 16.1. The van der Waals surface area contributed by atoms with E-state index in [1.807, 2.05) is 24.3 Å². The maximum absolute atomic E-state index is 12.1. The van der Waals surface area contributed by atoms with Crippen molar-refractivity contribution in [3.05, 3.63) is 29.8 Å². The number of anilines is 1. The molecule has 0 atom stereocenters. The largest absolute Gasteiger partial charge is 0.353 e. The summed E-state index contributed by atoms with van der Waals surface area (Å²) in [6.45, 7) is 0. The van der Waals surface area contributed by atoms with E-state index in [1.54, 1.807) is 0 Å². The molecule has 4 nitrogen and oxygen atoms in total. The minimum absolute atomic E-state index is 0.0848. The van der Waals surface area contributed by atoms with E-state index in [2.05, 4.69) is 10.6 Å². The van der Waals surface area contributed by atoms with Gasteiger partial charge in [-0.2, -0.15) is 0 Å². The van der Waals surface area contributed by atoms with E-state index in [4.69, 9.17) is 0 Å². The first-order valence-corrected chi connectivity index (χ1v) is 8.87. The average Bonchev–Trinajstić information content (AvgIpc) is 3.34. The fourth-order valence-electron chi connectivity index (χ4n) is 3.26. The Morgan fingerprint density at radius 3 is 2.26 bits per heavy atom. The fraction of sp³-hybridized carbons (Fsp3) is 0.579. The first kappa shape index (κ1) is 16.0. The van der Waals surface area contributed by atoms with Crippen molar-refractivity contribution >= 4 is 17.5 Å². The smallest absolute Gasteiger partial charge is 0.224 e. The van der Waals surface area contributed by atoms with Gasteiger partial charge in [0.1, 0.15) is 0 Å². The summed E-state index contributed by atoms with van der Waals surface area (Å²) in [7, 11) is 0. The summed E-state index contributed by atoms with van der Waals surface area (Å²) < 4.78 is 0. The molecule has 2 amide bonds. The molecule has 2 N–H and O–H groups in total. The Balaban J connectivity index is 1.44. The number of carbonyl (C=O) groups is 2. The van der Waals surface area contributed by atoms with Gasteiger partial charge in [0.05, 0.1) is 6.42 Å². The second kappa shape index (κ2) is 7.62. The lowest BCUT2D eigenvalue weighted by Crippen LogP contribution is -2.26. The summed E-state index contributed by atoms with van der Waals surface area (Å²) in [5, 5.41) is 5.96. The van der Waals surface area contributed by atoms with E-state index >= 15 is 0 Å². The van der Waals surface area contributed by atoms with Crippen LogP contribution in [0.4, 0.5) is 5.69 Å². The van der Waals surface area contributed by atoms with E-state index < -0.39 is 0 Å². The maximum atomic E-state index is 12.1. The minimum Gasteiger partial charge on any atom is -0.353 e. The summed E-state index contributed by atoms with van der Waals surface area (Å²) in [5.41, 5.74) is 1.80. The van der Waals surface area contributed by atoms with Gasteiger partial charge in [-0.05, 0) is 49.3 Å². The van der Waals surface area contributed by atoms with Crippen LogP contribution in [0.15, 0.2) is 24.3 Å². The standard InChI is InChI=1S/C19H26N2O2/c22-18(12-14-4-2-1-3-5-14)20-16-8-6-15(7-9-16)13-19(23)21-17-10-11-17/h6-9,14,17H,1-5,10-13H2,(H,20,22)(H,21,23). The van der Waals surface area contributed by atoms with Gasteiger partial charge in [0, 0.05) is 18.2 Å². The van der Waals surface area contributed by atoms with Crippen LogP contribution < -0.4 is 10.6 Å². The summed E-state index contributed by atoms with van der Waals surface area (Å²) in [5.74, 6) is 0.742. The normalized spacial score (nSPS) is 18.4. The fourth-order valence-corrected chi connectivity index (χ4v) is 3.26. The van der Waals surface area contributed by atoms with Gasteiger partial charge in [0.25, 0.3) is 0 Å². The molecule has 2 fully saturated rings. The van der Waals surface area contributed by atoms with Crippen LogP contribution in [0.25, 0.3) is 0 Å². The van der Waals surface area contributed by atoms with Crippen molar-refractivity contribution < 1.29 is 9.59 Å². The number of carbonyl (C=O) groups excluding carboxylic acids is 2. The Kier molecular flexibility index (Phi) is 5.31. The van der Waals surface area contributed by atoms with Crippen molar-refractivity contribution in [2.24, 2.45) is 5.92 Å². The Labute approximate surface area is 138 Å². The quantitative estimate of drug-likeness (QED) is 0.845. The van der Waals surface area contributed by atoms with Gasteiger partial charge in [-0.25, -0.2) is 0 Å². The average molecular weight is 314 g/mol. The zero-order valence-corrected chi connectivity index (χ0v) is 13.6. The van der Waals surface area contributed by atoms with Crippen LogP contribution in [0.1, 0.15) is 56.9 Å². The van der Waals surface area contributed by atoms with E-state index in [1.165, 1.54) is 32.1 Å². The van der Waals surface area contributed by atoms with Gasteiger partial charge in [0.2, 0.25) is 11.8 Å². The predicted molar refractivity (Wildman–Crippen MR) is 91.1 cm³/mol. The molecule has 124 valence electrons. The van der Waals surface area contributed by atoms with Crippen LogP contribution in [0.5, 0.6) is 0 Å². The highest BCUT2D eigenvalue weighted by atomic mass is 16.2. The van der Waals surface area contributed by atoms with Crippen LogP contribution in [0.2, 0.25) is 0 Å². The van der Waals surface area contributed by atoms with Crippen molar-refractivity contribution in [3.8, 4) is 0 Å². The van der Waals surface area contributed by atoms with Crippen molar-refractivity contribution in [2.45, 2.75) is 63.8 Å². The van der Waals surface area contributed by atoms with Crippen molar-refractivity contribution in [1.82, 2.24) is 5.32 Å². The molecular weight excluding hydrogens is 288 g/mol. The third kappa shape index (κ3) is 5.38. The number of hydrogen-bond acceptors (Lipinski definition) is 2. The summed E-state index contributed by atoms with van der Waals surface area (Å²) in [6.07, 6.45) is 9.46. The van der Waals surface area contributed by atoms with Gasteiger partial charge in [-0.1, -0.05) is 31.4 Å². The monoisotopic (exact) mass is 314 g/mol. The lowest BCUT2D eigenvalue weighted by molar-refractivity contribution is -0.120. The molecule has 0 heterocycles. The van der Waals surface area contributed by atoms with Crippen LogP contribution in [-0.2, 0) is 16.0 Å². The van der Waals surface area contributed by atoms with Crippen molar-refractivity contribution in [1.29, 1.82) is 0 Å². The molecule has 0 saturated heterocycles. The van der Waals surface area contributed by atoms with Gasteiger partial charge in [0.15, 0.2) is 0 Å². The number of rotatable bonds is 6. The summed E-state index contributed by atoms with van der Waals surface area (Å²) >= 11 is 0. The van der Waals surface area contributed by atoms with Gasteiger partial charge in [-0.15, -0.1) is 0 Å². The SMILES string of the molecule is O=C(CC1CCCCC1)Nc1ccc(CC(=O)NC2CC2)cc1. The van der Waals surface area contributed by atoms with Gasteiger partial charge in [-0.3, -0.25) is 9.59 Å². The Morgan fingerprint density at radius 1 is 0.913 bits per heavy atom. The number of amides is 2. The molecule has 1 aromatic rings. The molecule has 0 unspecified atom stereocenters. The molecular formula is C19H26N2O2. The minimum atomic E-state index is 0.0848. The van der Waals surface area contributed by atoms with E-state index in [-0.39, 0.29) is 11.8 Å².